The number of anilines is 1. The number of carbonyl (C=O) groups is 1. The van der Waals surface area contributed by atoms with Gasteiger partial charge in [0.05, 0.1) is 15.9 Å². The van der Waals surface area contributed by atoms with Crippen LogP contribution in [0.15, 0.2) is 12.3 Å². The highest BCUT2D eigenvalue weighted by molar-refractivity contribution is 6.33. The van der Waals surface area contributed by atoms with Crippen molar-refractivity contribution in [3.05, 3.63) is 27.4 Å². The smallest absolute Gasteiger partial charge is 0.306 e. The molecule has 1 aromatic rings. The van der Waals surface area contributed by atoms with E-state index in [4.69, 9.17) is 16.7 Å². The molecule has 1 aliphatic carbocycles. The van der Waals surface area contributed by atoms with Crippen LogP contribution in [-0.4, -0.2) is 27.5 Å². The minimum atomic E-state index is -0.721. The Morgan fingerprint density at radius 2 is 2.14 bits per heavy atom. The number of nitro groups is 1. The van der Waals surface area contributed by atoms with E-state index in [1.807, 2.05) is 0 Å². The second-order valence-corrected chi connectivity index (χ2v) is 5.63. The second-order valence-electron chi connectivity index (χ2n) is 5.22. The minimum absolute atomic E-state index is 0.146. The fraction of sp³-hybridized carbons (Fsp3) is 0.538. The summed E-state index contributed by atoms with van der Waals surface area (Å²) in [5.41, 5.74) is -0.146. The molecule has 1 fully saturated rings. The van der Waals surface area contributed by atoms with Crippen LogP contribution in [-0.2, 0) is 4.79 Å². The summed E-state index contributed by atoms with van der Waals surface area (Å²) in [5, 5.41) is 22.8. The monoisotopic (exact) mass is 313 g/mol. The molecule has 2 N–H and O–H groups in total. The van der Waals surface area contributed by atoms with Crippen molar-refractivity contribution in [3.63, 3.8) is 0 Å². The van der Waals surface area contributed by atoms with E-state index >= 15 is 0 Å². The number of pyridine rings is 1. The summed E-state index contributed by atoms with van der Waals surface area (Å²) in [6, 6.07) is 1.26. The molecule has 0 radical (unpaired) electrons. The minimum Gasteiger partial charge on any atom is -0.481 e. The summed E-state index contributed by atoms with van der Waals surface area (Å²) in [6.07, 6.45) is 4.21. The maximum absolute atomic E-state index is 10.9. The average Bonchev–Trinajstić information content (AvgIpc) is 2.46. The van der Waals surface area contributed by atoms with Crippen molar-refractivity contribution in [1.82, 2.24) is 4.98 Å². The van der Waals surface area contributed by atoms with Crippen LogP contribution in [0.4, 0.5) is 11.5 Å². The Morgan fingerprint density at radius 1 is 1.48 bits per heavy atom. The van der Waals surface area contributed by atoms with Crippen LogP contribution < -0.4 is 5.32 Å². The van der Waals surface area contributed by atoms with E-state index in [9.17, 15) is 14.9 Å². The van der Waals surface area contributed by atoms with E-state index < -0.39 is 10.9 Å². The zero-order chi connectivity index (χ0) is 15.4. The summed E-state index contributed by atoms with van der Waals surface area (Å²) in [7, 11) is 0. The van der Waals surface area contributed by atoms with E-state index in [2.05, 4.69) is 10.3 Å². The molecule has 1 aliphatic rings. The fourth-order valence-corrected chi connectivity index (χ4v) is 2.74. The molecule has 0 saturated heterocycles. The maximum Gasteiger partial charge on any atom is 0.306 e. The molecule has 0 spiro atoms. The molecule has 0 unspecified atom stereocenters. The molecule has 1 heterocycles. The molecule has 0 amide bonds. The number of aliphatic carboxylic acids is 1. The van der Waals surface area contributed by atoms with E-state index in [0.717, 1.165) is 19.0 Å². The summed E-state index contributed by atoms with van der Waals surface area (Å²) in [5.74, 6) is -0.167. The molecule has 2 rings (SSSR count). The van der Waals surface area contributed by atoms with Crippen LogP contribution in [0.25, 0.3) is 0 Å². The van der Waals surface area contributed by atoms with Gasteiger partial charge < -0.3 is 10.4 Å². The van der Waals surface area contributed by atoms with Gasteiger partial charge in [-0.1, -0.05) is 11.6 Å². The number of carboxylic acid groups (broad SMARTS) is 1. The number of carboxylic acids is 1. The lowest BCUT2D eigenvalue weighted by Gasteiger charge is -2.26. The summed E-state index contributed by atoms with van der Waals surface area (Å²) >= 11 is 5.95. The van der Waals surface area contributed by atoms with Crippen molar-refractivity contribution in [2.45, 2.75) is 25.7 Å². The van der Waals surface area contributed by atoms with Crippen molar-refractivity contribution >= 4 is 29.1 Å². The van der Waals surface area contributed by atoms with Gasteiger partial charge in [-0.25, -0.2) is 4.98 Å². The van der Waals surface area contributed by atoms with Gasteiger partial charge >= 0.3 is 5.97 Å². The van der Waals surface area contributed by atoms with Crippen molar-refractivity contribution in [1.29, 1.82) is 0 Å². The molecular weight excluding hydrogens is 298 g/mol. The van der Waals surface area contributed by atoms with Gasteiger partial charge in [0.15, 0.2) is 0 Å². The van der Waals surface area contributed by atoms with Gasteiger partial charge in [-0.15, -0.1) is 0 Å². The number of hydrogen-bond acceptors (Lipinski definition) is 5. The largest absolute Gasteiger partial charge is 0.481 e. The van der Waals surface area contributed by atoms with Crippen LogP contribution in [0, 0.1) is 22.0 Å². The quantitative estimate of drug-likeness (QED) is 0.639. The Kier molecular flexibility index (Phi) is 4.95. The van der Waals surface area contributed by atoms with Crippen LogP contribution in [0.5, 0.6) is 0 Å². The van der Waals surface area contributed by atoms with Gasteiger partial charge in [0.1, 0.15) is 12.0 Å². The molecule has 8 heteroatoms. The molecule has 1 saturated carbocycles. The molecule has 114 valence electrons. The first-order chi connectivity index (χ1) is 9.97. The maximum atomic E-state index is 10.9. The lowest BCUT2D eigenvalue weighted by atomic mass is 9.82. The summed E-state index contributed by atoms with van der Waals surface area (Å²) in [6.45, 7) is 0.636. The predicted molar refractivity (Wildman–Crippen MR) is 77.5 cm³/mol. The molecule has 0 aromatic carbocycles. The Hall–Kier alpha value is -1.89. The molecule has 7 nitrogen and oxygen atoms in total. The molecule has 21 heavy (non-hydrogen) atoms. The van der Waals surface area contributed by atoms with Gasteiger partial charge in [0, 0.05) is 12.6 Å². The molecule has 0 aliphatic heterocycles. The van der Waals surface area contributed by atoms with Crippen molar-refractivity contribution in [3.8, 4) is 0 Å². The van der Waals surface area contributed by atoms with Gasteiger partial charge in [-0.05, 0) is 31.6 Å². The van der Waals surface area contributed by atoms with E-state index in [1.165, 1.54) is 6.07 Å². The number of aromatic nitrogens is 1. The Morgan fingerprint density at radius 3 is 2.67 bits per heavy atom. The van der Waals surface area contributed by atoms with Crippen LogP contribution in [0.2, 0.25) is 5.02 Å². The number of nitrogens with zero attached hydrogens (tertiary/aromatic N) is 2. The number of rotatable bonds is 5. The number of hydrogen-bond donors (Lipinski definition) is 2. The number of nitrogens with one attached hydrogen (secondary N) is 1. The highest BCUT2D eigenvalue weighted by Gasteiger charge is 2.25. The molecular formula is C13H16ClN3O4. The standard InChI is InChI=1S/C13H16ClN3O4/c14-11-5-10(17(20)21)7-16-12(11)15-6-8-1-3-9(4-2-8)13(18)19/h5,7-9H,1-4,6H2,(H,15,16)(H,18,19). The summed E-state index contributed by atoms with van der Waals surface area (Å²) in [4.78, 5) is 24.9. The van der Waals surface area contributed by atoms with Crippen molar-refractivity contribution in [2.24, 2.45) is 11.8 Å². The highest BCUT2D eigenvalue weighted by Crippen LogP contribution is 2.30. The van der Waals surface area contributed by atoms with E-state index in [-0.39, 0.29) is 16.6 Å². The van der Waals surface area contributed by atoms with E-state index in [0.29, 0.717) is 31.1 Å². The topological polar surface area (TPSA) is 105 Å². The van der Waals surface area contributed by atoms with Crippen LogP contribution in [0.3, 0.4) is 0 Å². The third-order valence-electron chi connectivity index (χ3n) is 3.79. The van der Waals surface area contributed by atoms with Crippen LogP contribution in [0.1, 0.15) is 25.7 Å². The molecule has 0 atom stereocenters. The Labute approximate surface area is 126 Å². The second kappa shape index (κ2) is 6.71. The molecule has 1 aromatic heterocycles. The fourth-order valence-electron chi connectivity index (χ4n) is 2.51. The molecule has 0 bridgehead atoms. The van der Waals surface area contributed by atoms with Crippen molar-refractivity contribution < 1.29 is 14.8 Å². The predicted octanol–water partition coefficient (Wildman–Crippen LogP) is 2.95. The first-order valence-corrected chi connectivity index (χ1v) is 7.11. The average molecular weight is 314 g/mol. The summed E-state index contributed by atoms with van der Waals surface area (Å²) < 4.78 is 0. The van der Waals surface area contributed by atoms with Crippen LogP contribution >= 0.6 is 11.6 Å². The third-order valence-corrected chi connectivity index (χ3v) is 4.08. The lowest BCUT2D eigenvalue weighted by Crippen LogP contribution is -2.25. The van der Waals surface area contributed by atoms with Gasteiger partial charge in [0.2, 0.25) is 0 Å². The lowest BCUT2D eigenvalue weighted by molar-refractivity contribution is -0.385. The SMILES string of the molecule is O=C(O)C1CCC(CNc2ncc([N+](=O)[O-])cc2Cl)CC1. The zero-order valence-electron chi connectivity index (χ0n) is 11.3. The Balaban J connectivity index is 1.87. The normalized spacial score (nSPS) is 21.8. The van der Waals surface area contributed by atoms with Gasteiger partial charge in [-0.3, -0.25) is 14.9 Å². The van der Waals surface area contributed by atoms with E-state index in [1.54, 1.807) is 0 Å². The van der Waals surface area contributed by atoms with Gasteiger partial charge in [-0.2, -0.15) is 0 Å². The van der Waals surface area contributed by atoms with Gasteiger partial charge in [0.25, 0.3) is 5.69 Å². The first-order valence-electron chi connectivity index (χ1n) is 6.74. The first kappa shape index (κ1) is 15.5. The number of halogens is 1. The third kappa shape index (κ3) is 4.04. The van der Waals surface area contributed by atoms with Crippen molar-refractivity contribution in [2.75, 3.05) is 11.9 Å². The zero-order valence-corrected chi connectivity index (χ0v) is 12.0. The highest BCUT2D eigenvalue weighted by atomic mass is 35.5. The Bertz CT molecular complexity index is 544.